The van der Waals surface area contributed by atoms with Crippen molar-refractivity contribution in [3.8, 4) is 0 Å². The highest BCUT2D eigenvalue weighted by Crippen LogP contribution is 2.37. The molecular formula is C15H19ClN2O. The quantitative estimate of drug-likeness (QED) is 0.869. The zero-order valence-electron chi connectivity index (χ0n) is 10.9. The molecule has 19 heavy (non-hydrogen) atoms. The molecule has 3 nitrogen and oxygen atoms in total. The zero-order valence-corrected chi connectivity index (χ0v) is 11.6. The summed E-state index contributed by atoms with van der Waals surface area (Å²) < 4.78 is 0. The van der Waals surface area contributed by atoms with Crippen molar-refractivity contribution in [1.82, 2.24) is 10.6 Å². The Balaban J connectivity index is 1.39. The molecule has 3 rings (SSSR count). The highest BCUT2D eigenvalue weighted by Gasteiger charge is 2.30. The van der Waals surface area contributed by atoms with Gasteiger partial charge in [-0.15, -0.1) is 0 Å². The molecule has 0 aliphatic heterocycles. The molecule has 2 saturated carbocycles. The van der Waals surface area contributed by atoms with Gasteiger partial charge in [0.2, 0.25) is 5.91 Å². The number of nitrogens with one attached hydrogen (secondary N) is 2. The van der Waals surface area contributed by atoms with Gasteiger partial charge in [-0.2, -0.15) is 0 Å². The van der Waals surface area contributed by atoms with Crippen LogP contribution in [0.2, 0.25) is 5.02 Å². The molecular weight excluding hydrogens is 260 g/mol. The van der Waals surface area contributed by atoms with Gasteiger partial charge in [-0.1, -0.05) is 23.7 Å². The molecule has 0 spiro atoms. The Morgan fingerprint density at radius 2 is 2.05 bits per heavy atom. The monoisotopic (exact) mass is 278 g/mol. The maximum Gasteiger partial charge on any atom is 0.234 e. The van der Waals surface area contributed by atoms with Crippen LogP contribution in [0.5, 0.6) is 0 Å². The number of carbonyl (C=O) groups is 1. The van der Waals surface area contributed by atoms with E-state index in [0.717, 1.165) is 30.7 Å². The molecule has 0 atom stereocenters. The fourth-order valence-electron chi connectivity index (χ4n) is 2.56. The molecule has 2 aliphatic rings. The van der Waals surface area contributed by atoms with Crippen LogP contribution in [0.4, 0.5) is 0 Å². The van der Waals surface area contributed by atoms with Crippen molar-refractivity contribution in [2.45, 2.75) is 43.7 Å². The van der Waals surface area contributed by atoms with Crippen LogP contribution in [-0.4, -0.2) is 24.5 Å². The minimum Gasteiger partial charge on any atom is -0.352 e. The van der Waals surface area contributed by atoms with E-state index in [4.69, 9.17) is 11.6 Å². The molecule has 0 radical (unpaired) electrons. The summed E-state index contributed by atoms with van der Waals surface area (Å²) in [5, 5.41) is 7.11. The summed E-state index contributed by atoms with van der Waals surface area (Å²) in [5.41, 5.74) is 1.31. The van der Waals surface area contributed by atoms with Crippen LogP contribution in [0.3, 0.4) is 0 Å². The van der Waals surface area contributed by atoms with E-state index in [1.807, 2.05) is 18.2 Å². The fourth-order valence-corrected chi connectivity index (χ4v) is 2.76. The average Bonchev–Trinajstić information content (AvgIpc) is 3.11. The molecule has 2 fully saturated rings. The maximum absolute atomic E-state index is 11.5. The fraction of sp³-hybridized carbons (Fsp3) is 0.533. The zero-order chi connectivity index (χ0) is 13.2. The van der Waals surface area contributed by atoms with E-state index in [0.29, 0.717) is 24.5 Å². The van der Waals surface area contributed by atoms with E-state index in [1.165, 1.54) is 5.56 Å². The summed E-state index contributed by atoms with van der Waals surface area (Å²) >= 11 is 5.99. The van der Waals surface area contributed by atoms with Crippen LogP contribution in [0.25, 0.3) is 0 Å². The predicted octanol–water partition coefficient (Wildman–Crippen LogP) is 2.45. The first-order chi connectivity index (χ1) is 9.20. The normalized spacial score (nSPS) is 25.7. The van der Waals surface area contributed by atoms with Crippen molar-refractivity contribution in [2.75, 3.05) is 6.54 Å². The van der Waals surface area contributed by atoms with Gasteiger partial charge in [-0.3, -0.25) is 4.79 Å². The van der Waals surface area contributed by atoms with Crippen LogP contribution in [0.1, 0.15) is 37.2 Å². The Labute approximate surface area is 118 Å². The van der Waals surface area contributed by atoms with Gasteiger partial charge in [0.05, 0.1) is 6.54 Å². The second kappa shape index (κ2) is 5.51. The van der Waals surface area contributed by atoms with Crippen molar-refractivity contribution in [1.29, 1.82) is 0 Å². The number of carbonyl (C=O) groups excluding carboxylic acids is 1. The van der Waals surface area contributed by atoms with E-state index >= 15 is 0 Å². The summed E-state index contributed by atoms with van der Waals surface area (Å²) in [6, 6.07) is 9.00. The molecule has 1 amide bonds. The summed E-state index contributed by atoms with van der Waals surface area (Å²) in [6.07, 6.45) is 4.48. The van der Waals surface area contributed by atoms with Gasteiger partial charge in [0.15, 0.2) is 0 Å². The van der Waals surface area contributed by atoms with Crippen LogP contribution in [0.15, 0.2) is 24.3 Å². The Morgan fingerprint density at radius 3 is 2.74 bits per heavy atom. The van der Waals surface area contributed by atoms with Gasteiger partial charge < -0.3 is 10.6 Å². The number of rotatable bonds is 5. The second-order valence-corrected chi connectivity index (χ2v) is 6.08. The highest BCUT2D eigenvalue weighted by atomic mass is 35.5. The van der Waals surface area contributed by atoms with Gasteiger partial charge >= 0.3 is 0 Å². The third-order valence-electron chi connectivity index (χ3n) is 3.95. The Hall–Kier alpha value is -1.06. The lowest BCUT2D eigenvalue weighted by atomic mass is 9.76. The molecule has 2 N–H and O–H groups in total. The minimum atomic E-state index is 0.133. The third kappa shape index (κ3) is 3.48. The van der Waals surface area contributed by atoms with Crippen molar-refractivity contribution in [3.63, 3.8) is 0 Å². The van der Waals surface area contributed by atoms with E-state index in [2.05, 4.69) is 16.7 Å². The molecule has 1 aromatic rings. The summed E-state index contributed by atoms with van der Waals surface area (Å²) in [7, 11) is 0. The van der Waals surface area contributed by atoms with Gasteiger partial charge in [-0.25, -0.2) is 0 Å². The lowest BCUT2D eigenvalue weighted by Gasteiger charge is -2.36. The van der Waals surface area contributed by atoms with E-state index in [-0.39, 0.29) is 5.91 Å². The van der Waals surface area contributed by atoms with Gasteiger partial charge in [-0.05, 0) is 49.3 Å². The number of hydrogen-bond acceptors (Lipinski definition) is 2. The smallest absolute Gasteiger partial charge is 0.234 e. The summed E-state index contributed by atoms with van der Waals surface area (Å²) in [4.78, 5) is 11.5. The number of amides is 1. The molecule has 4 heteroatoms. The Bertz CT molecular complexity index is 467. The van der Waals surface area contributed by atoms with Gasteiger partial charge in [0.25, 0.3) is 0 Å². The first-order valence-electron chi connectivity index (χ1n) is 6.99. The van der Waals surface area contributed by atoms with E-state index < -0.39 is 0 Å². The average molecular weight is 279 g/mol. The first kappa shape index (κ1) is 12.9. The molecule has 2 aliphatic carbocycles. The lowest BCUT2D eigenvalue weighted by molar-refractivity contribution is -0.120. The molecule has 0 unspecified atom stereocenters. The second-order valence-electron chi connectivity index (χ2n) is 5.64. The van der Waals surface area contributed by atoms with Crippen LogP contribution in [0, 0.1) is 0 Å². The lowest BCUT2D eigenvalue weighted by Crippen LogP contribution is -2.45. The molecule has 0 aromatic heterocycles. The predicted molar refractivity (Wildman–Crippen MR) is 76.4 cm³/mol. The van der Waals surface area contributed by atoms with Crippen LogP contribution in [-0.2, 0) is 4.79 Å². The largest absolute Gasteiger partial charge is 0.352 e. The van der Waals surface area contributed by atoms with Crippen molar-refractivity contribution < 1.29 is 4.79 Å². The maximum atomic E-state index is 11.5. The Kier molecular flexibility index (Phi) is 3.76. The topological polar surface area (TPSA) is 41.1 Å². The Morgan fingerprint density at radius 1 is 1.26 bits per heavy atom. The standard InChI is InChI=1S/C15H19ClN2O/c16-12-3-1-2-10(6-12)11-7-14(8-11)17-9-15(19)18-13-4-5-13/h1-3,6,11,13-14,17H,4-5,7-9H2,(H,18,19). The SMILES string of the molecule is O=C(CNC1CC(c2cccc(Cl)c2)C1)NC1CC1. The van der Waals surface area contributed by atoms with Gasteiger partial charge in [0.1, 0.15) is 0 Å². The third-order valence-corrected chi connectivity index (χ3v) is 4.19. The van der Waals surface area contributed by atoms with Crippen molar-refractivity contribution in [3.05, 3.63) is 34.9 Å². The minimum absolute atomic E-state index is 0.133. The summed E-state index contributed by atoms with van der Waals surface area (Å²) in [5.74, 6) is 0.719. The first-order valence-corrected chi connectivity index (χ1v) is 7.37. The van der Waals surface area contributed by atoms with E-state index in [1.54, 1.807) is 0 Å². The number of benzene rings is 1. The highest BCUT2D eigenvalue weighted by molar-refractivity contribution is 6.30. The molecule has 0 bridgehead atoms. The van der Waals surface area contributed by atoms with Crippen molar-refractivity contribution in [2.24, 2.45) is 0 Å². The molecule has 0 heterocycles. The van der Waals surface area contributed by atoms with E-state index in [9.17, 15) is 4.79 Å². The van der Waals surface area contributed by atoms with Crippen LogP contribution < -0.4 is 10.6 Å². The van der Waals surface area contributed by atoms with Crippen LogP contribution >= 0.6 is 11.6 Å². The number of hydrogen-bond donors (Lipinski definition) is 2. The summed E-state index contributed by atoms with van der Waals surface area (Å²) in [6.45, 7) is 0.448. The number of halogens is 1. The molecule has 1 aromatic carbocycles. The van der Waals surface area contributed by atoms with Crippen molar-refractivity contribution >= 4 is 17.5 Å². The molecule has 0 saturated heterocycles. The molecule has 102 valence electrons. The van der Waals surface area contributed by atoms with Gasteiger partial charge in [0, 0.05) is 17.1 Å².